The number of nitrogens with one attached hydrogen (secondary N) is 1. The van der Waals surface area contributed by atoms with E-state index in [1.807, 2.05) is 43.3 Å². The molecule has 2 nitrogen and oxygen atoms in total. The van der Waals surface area contributed by atoms with Crippen molar-refractivity contribution in [1.29, 1.82) is 0 Å². The highest BCUT2D eigenvalue weighted by Gasteiger charge is 2.11. The Morgan fingerprint density at radius 1 is 1.16 bits per heavy atom. The summed E-state index contributed by atoms with van der Waals surface area (Å²) in [5.74, 6) is 0. The van der Waals surface area contributed by atoms with Crippen molar-refractivity contribution in [1.82, 2.24) is 0 Å². The van der Waals surface area contributed by atoms with Crippen molar-refractivity contribution >= 4 is 37.5 Å². The SMILES string of the molecule is Cc1cc(C(CO)Nc2cccc(Br)c2)ccc1Br. The average molecular weight is 385 g/mol. The minimum Gasteiger partial charge on any atom is -0.394 e. The molecule has 19 heavy (non-hydrogen) atoms. The van der Waals surface area contributed by atoms with Crippen LogP contribution in [0.1, 0.15) is 17.2 Å². The Labute approximate surface area is 130 Å². The number of rotatable bonds is 4. The Hall–Kier alpha value is -0.840. The van der Waals surface area contributed by atoms with Gasteiger partial charge in [-0.3, -0.25) is 0 Å². The number of halogens is 2. The van der Waals surface area contributed by atoms with Crippen LogP contribution in [0, 0.1) is 6.92 Å². The first-order chi connectivity index (χ1) is 9.10. The van der Waals surface area contributed by atoms with Gasteiger partial charge in [0.05, 0.1) is 12.6 Å². The van der Waals surface area contributed by atoms with Gasteiger partial charge in [0.15, 0.2) is 0 Å². The lowest BCUT2D eigenvalue weighted by atomic mass is 10.0. The van der Waals surface area contributed by atoms with Gasteiger partial charge in [-0.15, -0.1) is 0 Å². The molecule has 4 heteroatoms. The van der Waals surface area contributed by atoms with Crippen molar-refractivity contribution in [3.8, 4) is 0 Å². The first-order valence-electron chi connectivity index (χ1n) is 5.99. The van der Waals surface area contributed by atoms with Crippen molar-refractivity contribution in [2.45, 2.75) is 13.0 Å². The summed E-state index contributed by atoms with van der Waals surface area (Å²) >= 11 is 6.93. The van der Waals surface area contributed by atoms with Gasteiger partial charge in [0, 0.05) is 14.6 Å². The van der Waals surface area contributed by atoms with Gasteiger partial charge >= 0.3 is 0 Å². The Morgan fingerprint density at radius 2 is 1.95 bits per heavy atom. The molecule has 0 heterocycles. The fraction of sp³-hybridized carbons (Fsp3) is 0.200. The molecule has 0 radical (unpaired) electrons. The highest BCUT2D eigenvalue weighted by atomic mass is 79.9. The highest BCUT2D eigenvalue weighted by Crippen LogP contribution is 2.25. The van der Waals surface area contributed by atoms with E-state index in [9.17, 15) is 5.11 Å². The largest absolute Gasteiger partial charge is 0.394 e. The van der Waals surface area contributed by atoms with Crippen LogP contribution in [-0.2, 0) is 0 Å². The fourth-order valence-corrected chi connectivity index (χ4v) is 2.54. The molecule has 0 saturated carbocycles. The van der Waals surface area contributed by atoms with Gasteiger partial charge in [-0.2, -0.15) is 0 Å². The Morgan fingerprint density at radius 3 is 2.58 bits per heavy atom. The van der Waals surface area contributed by atoms with E-state index in [0.29, 0.717) is 0 Å². The Balaban J connectivity index is 2.22. The van der Waals surface area contributed by atoms with E-state index in [-0.39, 0.29) is 12.6 Å². The van der Waals surface area contributed by atoms with Crippen LogP contribution in [0.25, 0.3) is 0 Å². The summed E-state index contributed by atoms with van der Waals surface area (Å²) in [5, 5.41) is 12.9. The number of hydrogen-bond donors (Lipinski definition) is 2. The van der Waals surface area contributed by atoms with Crippen molar-refractivity contribution in [2.75, 3.05) is 11.9 Å². The van der Waals surface area contributed by atoms with Crippen LogP contribution in [0.2, 0.25) is 0 Å². The first-order valence-corrected chi connectivity index (χ1v) is 7.58. The number of anilines is 1. The normalized spacial score (nSPS) is 12.2. The molecular weight excluding hydrogens is 370 g/mol. The maximum Gasteiger partial charge on any atom is 0.0745 e. The average Bonchev–Trinajstić information content (AvgIpc) is 2.39. The van der Waals surface area contributed by atoms with Crippen LogP contribution in [0.5, 0.6) is 0 Å². The van der Waals surface area contributed by atoms with E-state index in [1.165, 1.54) is 0 Å². The zero-order valence-corrected chi connectivity index (χ0v) is 13.7. The second kappa shape index (κ2) is 6.55. The maximum atomic E-state index is 9.58. The molecule has 100 valence electrons. The number of hydrogen-bond acceptors (Lipinski definition) is 2. The molecular formula is C15H15Br2NO. The number of aryl methyl sites for hydroxylation is 1. The zero-order chi connectivity index (χ0) is 13.8. The van der Waals surface area contributed by atoms with Crippen LogP contribution in [-0.4, -0.2) is 11.7 Å². The summed E-state index contributed by atoms with van der Waals surface area (Å²) in [6.45, 7) is 2.09. The monoisotopic (exact) mass is 383 g/mol. The third-order valence-electron chi connectivity index (χ3n) is 2.93. The summed E-state index contributed by atoms with van der Waals surface area (Å²) < 4.78 is 2.09. The van der Waals surface area contributed by atoms with Crippen molar-refractivity contribution in [3.63, 3.8) is 0 Å². The predicted molar refractivity (Wildman–Crippen MR) is 86.5 cm³/mol. The maximum absolute atomic E-state index is 9.58. The summed E-state index contributed by atoms with van der Waals surface area (Å²) in [7, 11) is 0. The van der Waals surface area contributed by atoms with Crippen LogP contribution in [0.4, 0.5) is 5.69 Å². The molecule has 0 amide bonds. The second-order valence-corrected chi connectivity index (χ2v) is 6.17. The molecule has 0 bridgehead atoms. The molecule has 2 N–H and O–H groups in total. The van der Waals surface area contributed by atoms with Crippen molar-refractivity contribution in [2.24, 2.45) is 0 Å². The third kappa shape index (κ3) is 3.81. The molecule has 0 fully saturated rings. The molecule has 0 aliphatic rings. The molecule has 0 spiro atoms. The van der Waals surface area contributed by atoms with Gasteiger partial charge in [0.25, 0.3) is 0 Å². The minimum absolute atomic E-state index is 0.0492. The first kappa shape index (κ1) is 14.6. The van der Waals surface area contributed by atoms with Gasteiger partial charge in [-0.05, 0) is 42.3 Å². The summed E-state index contributed by atoms with van der Waals surface area (Å²) in [6.07, 6.45) is 0. The van der Waals surface area contributed by atoms with Gasteiger partial charge < -0.3 is 10.4 Å². The number of aliphatic hydroxyl groups is 1. The topological polar surface area (TPSA) is 32.3 Å². The van der Waals surface area contributed by atoms with Gasteiger partial charge in [0.1, 0.15) is 0 Å². The highest BCUT2D eigenvalue weighted by molar-refractivity contribution is 9.10. The quantitative estimate of drug-likeness (QED) is 0.802. The molecule has 0 saturated heterocycles. The van der Waals surface area contributed by atoms with Gasteiger partial charge in [0.2, 0.25) is 0 Å². The predicted octanol–water partition coefficient (Wildman–Crippen LogP) is 4.67. The van der Waals surface area contributed by atoms with Crippen LogP contribution in [0.15, 0.2) is 51.4 Å². The standard InChI is InChI=1S/C15H15Br2NO/c1-10-7-11(5-6-14(10)17)15(9-19)18-13-4-2-3-12(16)8-13/h2-8,15,18-19H,9H2,1H3. The molecule has 0 aliphatic heterocycles. The summed E-state index contributed by atoms with van der Waals surface area (Å²) in [6, 6.07) is 13.9. The summed E-state index contributed by atoms with van der Waals surface area (Å²) in [5.41, 5.74) is 3.21. The molecule has 1 atom stereocenters. The van der Waals surface area contributed by atoms with E-state index < -0.39 is 0 Å². The second-order valence-electron chi connectivity index (χ2n) is 4.40. The fourth-order valence-electron chi connectivity index (χ4n) is 1.90. The van der Waals surface area contributed by atoms with Crippen molar-refractivity contribution in [3.05, 3.63) is 62.5 Å². The van der Waals surface area contributed by atoms with Gasteiger partial charge in [-0.25, -0.2) is 0 Å². The number of aliphatic hydroxyl groups excluding tert-OH is 1. The minimum atomic E-state index is -0.110. The van der Waals surface area contributed by atoms with E-state index in [0.717, 1.165) is 25.8 Å². The number of benzene rings is 2. The Kier molecular flexibility index (Phi) is 5.02. The van der Waals surface area contributed by atoms with E-state index in [1.54, 1.807) is 0 Å². The van der Waals surface area contributed by atoms with Crippen LogP contribution < -0.4 is 5.32 Å². The molecule has 2 aromatic carbocycles. The molecule has 0 aromatic heterocycles. The third-order valence-corrected chi connectivity index (χ3v) is 4.32. The van der Waals surface area contributed by atoms with Crippen molar-refractivity contribution < 1.29 is 5.11 Å². The van der Waals surface area contributed by atoms with Gasteiger partial charge in [-0.1, -0.05) is 50.1 Å². The van der Waals surface area contributed by atoms with Crippen LogP contribution in [0.3, 0.4) is 0 Å². The summed E-state index contributed by atoms with van der Waals surface area (Å²) in [4.78, 5) is 0. The Bertz CT molecular complexity index is 572. The lowest BCUT2D eigenvalue weighted by Gasteiger charge is -2.19. The molecule has 2 aromatic rings. The molecule has 1 unspecified atom stereocenters. The molecule has 0 aliphatic carbocycles. The lowest BCUT2D eigenvalue weighted by molar-refractivity contribution is 0.276. The van der Waals surface area contributed by atoms with Crippen LogP contribution >= 0.6 is 31.9 Å². The van der Waals surface area contributed by atoms with E-state index in [4.69, 9.17) is 0 Å². The lowest BCUT2D eigenvalue weighted by Crippen LogP contribution is -2.15. The van der Waals surface area contributed by atoms with E-state index in [2.05, 4.69) is 43.2 Å². The smallest absolute Gasteiger partial charge is 0.0745 e. The zero-order valence-electron chi connectivity index (χ0n) is 10.5. The van der Waals surface area contributed by atoms with E-state index >= 15 is 0 Å². The molecule has 2 rings (SSSR count).